The van der Waals surface area contributed by atoms with Gasteiger partial charge in [0.25, 0.3) is 0 Å². The summed E-state index contributed by atoms with van der Waals surface area (Å²) in [6, 6.07) is 6.38. The number of halogens is 1. The molecule has 0 saturated heterocycles. The van der Waals surface area contributed by atoms with Gasteiger partial charge in [-0.25, -0.2) is 0 Å². The summed E-state index contributed by atoms with van der Waals surface area (Å²) in [6.45, 7) is 4.37. The van der Waals surface area contributed by atoms with E-state index in [-0.39, 0.29) is 6.04 Å². The molecular formula is C16H24ClN. The molecule has 18 heavy (non-hydrogen) atoms. The highest BCUT2D eigenvalue weighted by Gasteiger charge is 2.29. The van der Waals surface area contributed by atoms with Crippen LogP contribution >= 0.6 is 11.6 Å². The number of nitrogens with two attached hydrogens (primary N) is 1. The van der Waals surface area contributed by atoms with Gasteiger partial charge >= 0.3 is 0 Å². The molecule has 0 aromatic heterocycles. The molecule has 0 spiro atoms. The van der Waals surface area contributed by atoms with Gasteiger partial charge < -0.3 is 5.73 Å². The fourth-order valence-corrected chi connectivity index (χ4v) is 3.72. The van der Waals surface area contributed by atoms with Crippen molar-refractivity contribution < 1.29 is 0 Å². The molecule has 0 bridgehead atoms. The van der Waals surface area contributed by atoms with Gasteiger partial charge in [0.2, 0.25) is 0 Å². The highest BCUT2D eigenvalue weighted by atomic mass is 35.5. The second-order valence-corrected chi connectivity index (χ2v) is 6.14. The molecule has 1 nitrogen and oxygen atoms in total. The van der Waals surface area contributed by atoms with E-state index in [1.54, 1.807) is 0 Å². The normalized spacial score (nSPS) is 26.0. The lowest BCUT2D eigenvalue weighted by Crippen LogP contribution is -2.30. The Morgan fingerprint density at radius 1 is 1.28 bits per heavy atom. The van der Waals surface area contributed by atoms with Crippen LogP contribution in [0.5, 0.6) is 0 Å². The van der Waals surface area contributed by atoms with E-state index in [0.29, 0.717) is 5.92 Å². The lowest BCUT2D eigenvalue weighted by molar-refractivity contribution is 0.196. The highest BCUT2D eigenvalue weighted by Crippen LogP contribution is 2.39. The summed E-state index contributed by atoms with van der Waals surface area (Å²) >= 11 is 6.15. The van der Waals surface area contributed by atoms with Crippen molar-refractivity contribution in [2.45, 2.75) is 52.0 Å². The minimum absolute atomic E-state index is 0.146. The van der Waals surface area contributed by atoms with Gasteiger partial charge in [0.05, 0.1) is 0 Å². The largest absolute Gasteiger partial charge is 0.324 e. The summed E-state index contributed by atoms with van der Waals surface area (Å²) in [4.78, 5) is 0. The van der Waals surface area contributed by atoms with Crippen LogP contribution in [0.3, 0.4) is 0 Å². The van der Waals surface area contributed by atoms with Crippen molar-refractivity contribution in [3.8, 4) is 0 Å². The Balaban J connectivity index is 2.20. The molecule has 3 atom stereocenters. The molecule has 0 aliphatic heterocycles. The predicted octanol–water partition coefficient (Wildman–Crippen LogP) is 4.86. The Labute approximate surface area is 116 Å². The number of hydrogen-bond acceptors (Lipinski definition) is 1. The molecule has 1 fully saturated rings. The van der Waals surface area contributed by atoms with E-state index in [0.717, 1.165) is 10.9 Å². The molecular weight excluding hydrogens is 242 g/mol. The molecule has 1 aromatic rings. The number of aryl methyl sites for hydroxylation is 1. The molecule has 2 heteroatoms. The second-order valence-electron chi connectivity index (χ2n) is 5.70. The first-order valence-corrected chi connectivity index (χ1v) is 7.52. The summed E-state index contributed by atoms with van der Waals surface area (Å²) in [5, 5.41) is 0.810. The summed E-state index contributed by atoms with van der Waals surface area (Å²) in [5.74, 6) is 1.41. The predicted molar refractivity (Wildman–Crippen MR) is 78.9 cm³/mol. The van der Waals surface area contributed by atoms with E-state index in [1.165, 1.54) is 43.2 Å². The quantitative estimate of drug-likeness (QED) is 0.829. The Bertz CT molecular complexity index is 382. The lowest BCUT2D eigenvalue weighted by Gasteiger charge is -2.35. The molecule has 0 radical (unpaired) electrons. The van der Waals surface area contributed by atoms with Crippen LogP contribution in [0, 0.1) is 18.8 Å². The smallest absolute Gasteiger partial charge is 0.0411 e. The zero-order valence-corrected chi connectivity index (χ0v) is 12.2. The van der Waals surface area contributed by atoms with Gasteiger partial charge in [0.1, 0.15) is 0 Å². The van der Waals surface area contributed by atoms with Gasteiger partial charge in [-0.2, -0.15) is 0 Å². The minimum atomic E-state index is 0.146. The van der Waals surface area contributed by atoms with Gasteiger partial charge in [-0.15, -0.1) is 0 Å². The molecule has 3 unspecified atom stereocenters. The van der Waals surface area contributed by atoms with E-state index >= 15 is 0 Å². The van der Waals surface area contributed by atoms with E-state index in [1.807, 2.05) is 12.1 Å². The second kappa shape index (κ2) is 6.08. The molecule has 2 N–H and O–H groups in total. The van der Waals surface area contributed by atoms with Crippen molar-refractivity contribution in [1.82, 2.24) is 0 Å². The zero-order valence-electron chi connectivity index (χ0n) is 11.5. The molecule has 0 heterocycles. The van der Waals surface area contributed by atoms with E-state index in [4.69, 9.17) is 17.3 Å². The summed E-state index contributed by atoms with van der Waals surface area (Å²) < 4.78 is 0. The molecule has 100 valence electrons. The summed E-state index contributed by atoms with van der Waals surface area (Å²) in [6.07, 6.45) is 6.56. The summed E-state index contributed by atoms with van der Waals surface area (Å²) in [5.41, 5.74) is 8.93. The van der Waals surface area contributed by atoms with Crippen LogP contribution < -0.4 is 5.73 Å². The average molecular weight is 266 g/mol. The molecule has 1 aromatic carbocycles. The highest BCUT2D eigenvalue weighted by molar-refractivity contribution is 6.30. The maximum absolute atomic E-state index is 6.51. The third-order valence-corrected chi connectivity index (χ3v) is 4.62. The lowest BCUT2D eigenvalue weighted by atomic mass is 9.72. The van der Waals surface area contributed by atoms with Crippen LogP contribution in [0.25, 0.3) is 0 Å². The van der Waals surface area contributed by atoms with E-state index < -0.39 is 0 Å². The first kappa shape index (κ1) is 13.9. The maximum atomic E-state index is 6.51. The monoisotopic (exact) mass is 265 g/mol. The van der Waals surface area contributed by atoms with Crippen molar-refractivity contribution in [2.24, 2.45) is 17.6 Å². The Kier molecular flexibility index (Phi) is 4.69. The third kappa shape index (κ3) is 3.07. The van der Waals surface area contributed by atoms with Gasteiger partial charge in [-0.05, 0) is 48.4 Å². The van der Waals surface area contributed by atoms with Crippen LogP contribution in [0.15, 0.2) is 18.2 Å². The first-order valence-electron chi connectivity index (χ1n) is 7.14. The number of benzene rings is 1. The Morgan fingerprint density at radius 3 is 2.67 bits per heavy atom. The molecule has 1 aliphatic carbocycles. The molecule has 0 amide bonds. The Morgan fingerprint density at radius 2 is 2.00 bits per heavy atom. The van der Waals surface area contributed by atoms with Crippen molar-refractivity contribution in [2.75, 3.05) is 0 Å². The van der Waals surface area contributed by atoms with Crippen LogP contribution in [0.2, 0.25) is 5.02 Å². The summed E-state index contributed by atoms with van der Waals surface area (Å²) in [7, 11) is 0. The van der Waals surface area contributed by atoms with Crippen LogP contribution in [-0.4, -0.2) is 0 Å². The van der Waals surface area contributed by atoms with Gasteiger partial charge in [-0.3, -0.25) is 0 Å². The fraction of sp³-hybridized carbons (Fsp3) is 0.625. The van der Waals surface area contributed by atoms with Crippen molar-refractivity contribution in [3.63, 3.8) is 0 Å². The minimum Gasteiger partial charge on any atom is -0.324 e. The molecule has 1 aliphatic rings. The van der Waals surface area contributed by atoms with Gasteiger partial charge in [-0.1, -0.05) is 50.3 Å². The third-order valence-electron chi connectivity index (χ3n) is 4.40. The average Bonchev–Trinajstić information content (AvgIpc) is 2.36. The molecule has 2 rings (SSSR count). The topological polar surface area (TPSA) is 26.0 Å². The first-order chi connectivity index (χ1) is 8.61. The Hall–Kier alpha value is -0.530. The zero-order chi connectivity index (χ0) is 13.1. The molecule has 1 saturated carbocycles. The van der Waals surface area contributed by atoms with Crippen LogP contribution in [-0.2, 0) is 0 Å². The number of rotatable bonds is 3. The van der Waals surface area contributed by atoms with E-state index in [9.17, 15) is 0 Å². The van der Waals surface area contributed by atoms with Crippen LogP contribution in [0.4, 0.5) is 0 Å². The van der Waals surface area contributed by atoms with Crippen molar-refractivity contribution >= 4 is 11.6 Å². The number of hydrogen-bond donors (Lipinski definition) is 1. The van der Waals surface area contributed by atoms with Crippen molar-refractivity contribution in [3.05, 3.63) is 34.3 Å². The fourth-order valence-electron chi connectivity index (χ4n) is 3.42. The maximum Gasteiger partial charge on any atom is 0.0411 e. The van der Waals surface area contributed by atoms with Crippen LogP contribution in [0.1, 0.15) is 56.2 Å². The van der Waals surface area contributed by atoms with Crippen molar-refractivity contribution in [1.29, 1.82) is 0 Å². The SMILES string of the molecule is CCC1CCCCC1C(N)c1cc(C)cc(Cl)c1. The van der Waals surface area contributed by atoms with Gasteiger partial charge in [0, 0.05) is 11.1 Å². The van der Waals surface area contributed by atoms with E-state index in [2.05, 4.69) is 19.9 Å². The van der Waals surface area contributed by atoms with Gasteiger partial charge in [0.15, 0.2) is 0 Å². The standard InChI is InChI=1S/C16H24ClN/c1-3-12-6-4-5-7-15(12)16(18)13-8-11(2)9-14(17)10-13/h8-10,12,15-16H,3-7,18H2,1-2H3.